The summed E-state index contributed by atoms with van der Waals surface area (Å²) in [7, 11) is 0. The number of hydrogen-bond donors (Lipinski definition) is 1. The Morgan fingerprint density at radius 3 is 2.95 bits per heavy atom. The SMILES string of the molecule is N#Cc1cccc(NC2CCN3CCCCC23)c1[N+](=O)[O-]. The topological polar surface area (TPSA) is 82.2 Å². The molecule has 110 valence electrons. The highest BCUT2D eigenvalue weighted by molar-refractivity contribution is 5.69. The van der Waals surface area contributed by atoms with Gasteiger partial charge in [0.1, 0.15) is 17.3 Å². The molecule has 6 heteroatoms. The molecule has 0 bridgehead atoms. The summed E-state index contributed by atoms with van der Waals surface area (Å²) >= 11 is 0. The Kier molecular flexibility index (Phi) is 3.76. The molecule has 2 aliphatic heterocycles. The van der Waals surface area contributed by atoms with Gasteiger partial charge in [0.15, 0.2) is 0 Å². The highest BCUT2D eigenvalue weighted by Gasteiger charge is 2.36. The summed E-state index contributed by atoms with van der Waals surface area (Å²) in [4.78, 5) is 13.3. The van der Waals surface area contributed by atoms with E-state index in [9.17, 15) is 10.1 Å². The van der Waals surface area contributed by atoms with Gasteiger partial charge in [-0.15, -0.1) is 0 Å². The molecule has 0 aliphatic carbocycles. The van der Waals surface area contributed by atoms with Gasteiger partial charge in [0.05, 0.1) is 4.92 Å². The minimum atomic E-state index is -0.464. The third-order valence-electron chi connectivity index (χ3n) is 4.54. The van der Waals surface area contributed by atoms with E-state index in [0.29, 0.717) is 11.7 Å². The van der Waals surface area contributed by atoms with Crippen molar-refractivity contribution >= 4 is 11.4 Å². The number of nitrogens with zero attached hydrogens (tertiary/aromatic N) is 3. The van der Waals surface area contributed by atoms with Crippen LogP contribution in [0.25, 0.3) is 0 Å². The van der Waals surface area contributed by atoms with Gasteiger partial charge in [-0.3, -0.25) is 15.0 Å². The highest BCUT2D eigenvalue weighted by atomic mass is 16.6. The zero-order valence-corrected chi connectivity index (χ0v) is 11.8. The number of nitriles is 1. The lowest BCUT2D eigenvalue weighted by molar-refractivity contribution is -0.384. The lowest BCUT2D eigenvalue weighted by Crippen LogP contribution is -2.41. The minimum Gasteiger partial charge on any atom is -0.375 e. The van der Waals surface area contributed by atoms with Crippen LogP contribution in [0.5, 0.6) is 0 Å². The van der Waals surface area contributed by atoms with Crippen molar-refractivity contribution in [3.8, 4) is 6.07 Å². The summed E-state index contributed by atoms with van der Waals surface area (Å²) in [5.74, 6) is 0. The zero-order chi connectivity index (χ0) is 14.8. The molecule has 2 fully saturated rings. The first-order valence-electron chi connectivity index (χ1n) is 7.39. The fraction of sp³-hybridized carbons (Fsp3) is 0.533. The molecule has 2 saturated heterocycles. The maximum Gasteiger partial charge on any atom is 0.309 e. The van der Waals surface area contributed by atoms with Gasteiger partial charge in [0, 0.05) is 18.6 Å². The lowest BCUT2D eigenvalue weighted by atomic mass is 9.98. The molecule has 0 amide bonds. The third kappa shape index (κ3) is 2.57. The first-order valence-corrected chi connectivity index (χ1v) is 7.39. The van der Waals surface area contributed by atoms with Gasteiger partial charge in [-0.1, -0.05) is 12.5 Å². The Balaban J connectivity index is 1.85. The first-order chi connectivity index (χ1) is 10.2. The van der Waals surface area contributed by atoms with Crippen molar-refractivity contribution in [2.45, 2.75) is 37.8 Å². The first kappa shape index (κ1) is 13.8. The van der Waals surface area contributed by atoms with Crippen LogP contribution in [-0.4, -0.2) is 35.0 Å². The minimum absolute atomic E-state index is 0.103. The number of nitro groups is 1. The molecule has 2 aliphatic rings. The predicted molar refractivity (Wildman–Crippen MR) is 79.1 cm³/mol. The molecule has 3 rings (SSSR count). The number of hydrogen-bond acceptors (Lipinski definition) is 5. The van der Waals surface area contributed by atoms with Gasteiger partial charge in [0.25, 0.3) is 0 Å². The highest BCUT2D eigenvalue weighted by Crippen LogP contribution is 2.33. The monoisotopic (exact) mass is 286 g/mol. The lowest BCUT2D eigenvalue weighted by Gasteiger charge is -2.32. The van der Waals surface area contributed by atoms with Crippen LogP contribution in [-0.2, 0) is 0 Å². The molecule has 0 aromatic heterocycles. The van der Waals surface area contributed by atoms with E-state index in [1.54, 1.807) is 12.1 Å². The summed E-state index contributed by atoms with van der Waals surface area (Å²) in [6, 6.07) is 7.49. The van der Waals surface area contributed by atoms with E-state index in [0.717, 1.165) is 25.9 Å². The van der Waals surface area contributed by atoms with E-state index in [2.05, 4.69) is 10.2 Å². The number of fused-ring (bicyclic) bond motifs is 1. The fourth-order valence-corrected chi connectivity index (χ4v) is 3.56. The molecule has 0 saturated carbocycles. The molecule has 6 nitrogen and oxygen atoms in total. The van der Waals surface area contributed by atoms with Crippen LogP contribution in [0.15, 0.2) is 18.2 Å². The molecule has 2 heterocycles. The maximum atomic E-state index is 11.3. The second kappa shape index (κ2) is 5.70. The van der Waals surface area contributed by atoms with Gasteiger partial charge in [0.2, 0.25) is 0 Å². The smallest absolute Gasteiger partial charge is 0.309 e. The van der Waals surface area contributed by atoms with Gasteiger partial charge in [-0.05, 0) is 37.9 Å². The molecule has 2 atom stereocenters. The second-order valence-electron chi connectivity index (χ2n) is 5.71. The molecular formula is C15H18N4O2. The van der Waals surface area contributed by atoms with Crippen molar-refractivity contribution in [2.24, 2.45) is 0 Å². The quantitative estimate of drug-likeness (QED) is 0.682. The number of piperidine rings is 1. The van der Waals surface area contributed by atoms with E-state index < -0.39 is 4.92 Å². The van der Waals surface area contributed by atoms with E-state index >= 15 is 0 Å². The summed E-state index contributed by atoms with van der Waals surface area (Å²) < 4.78 is 0. The van der Waals surface area contributed by atoms with Gasteiger partial charge < -0.3 is 5.32 Å². The van der Waals surface area contributed by atoms with E-state index in [1.807, 2.05) is 6.07 Å². The Hall–Kier alpha value is -2.13. The number of rotatable bonds is 3. The van der Waals surface area contributed by atoms with Crippen LogP contribution in [0.3, 0.4) is 0 Å². The van der Waals surface area contributed by atoms with E-state index in [1.165, 1.54) is 18.9 Å². The fourth-order valence-electron chi connectivity index (χ4n) is 3.56. The van der Waals surface area contributed by atoms with Crippen LogP contribution in [0.2, 0.25) is 0 Å². The Morgan fingerprint density at radius 1 is 1.33 bits per heavy atom. The second-order valence-corrected chi connectivity index (χ2v) is 5.71. The van der Waals surface area contributed by atoms with Crippen molar-refractivity contribution in [2.75, 3.05) is 18.4 Å². The molecule has 2 unspecified atom stereocenters. The van der Waals surface area contributed by atoms with Crippen LogP contribution < -0.4 is 5.32 Å². The van der Waals surface area contributed by atoms with Crippen molar-refractivity contribution in [3.63, 3.8) is 0 Å². The Bertz CT molecular complexity index is 596. The summed E-state index contributed by atoms with van der Waals surface area (Å²) in [6.07, 6.45) is 4.61. The molecule has 1 aromatic rings. The maximum absolute atomic E-state index is 11.3. The molecule has 0 spiro atoms. The number of benzene rings is 1. The van der Waals surface area contributed by atoms with E-state index in [4.69, 9.17) is 5.26 Å². The normalized spacial score (nSPS) is 25.1. The standard InChI is InChI=1S/C15H18N4O2/c16-10-11-4-3-5-13(15(11)19(20)21)17-12-7-9-18-8-2-1-6-14(12)18/h3-5,12,14,17H,1-2,6-9H2. The Labute approximate surface area is 123 Å². The molecule has 1 aromatic carbocycles. The number of nitrogens with one attached hydrogen (secondary N) is 1. The van der Waals surface area contributed by atoms with E-state index in [-0.39, 0.29) is 17.3 Å². The largest absolute Gasteiger partial charge is 0.375 e. The van der Waals surface area contributed by atoms with Gasteiger partial charge >= 0.3 is 5.69 Å². The Morgan fingerprint density at radius 2 is 2.19 bits per heavy atom. The van der Waals surface area contributed by atoms with Crippen molar-refractivity contribution in [1.29, 1.82) is 5.26 Å². The number of anilines is 1. The summed E-state index contributed by atoms with van der Waals surface area (Å²) in [6.45, 7) is 2.18. The predicted octanol–water partition coefficient (Wildman–Crippen LogP) is 2.51. The van der Waals surface area contributed by atoms with Crippen LogP contribution in [0.1, 0.15) is 31.2 Å². The molecule has 21 heavy (non-hydrogen) atoms. The summed E-state index contributed by atoms with van der Waals surface area (Å²) in [5.41, 5.74) is 0.481. The van der Waals surface area contributed by atoms with Gasteiger partial charge in [-0.25, -0.2) is 0 Å². The average Bonchev–Trinajstić information content (AvgIpc) is 2.90. The molecular weight excluding hydrogens is 268 g/mol. The van der Waals surface area contributed by atoms with Crippen molar-refractivity contribution in [1.82, 2.24) is 4.90 Å². The number of para-hydroxylation sites is 1. The third-order valence-corrected chi connectivity index (χ3v) is 4.54. The molecule has 0 radical (unpaired) electrons. The summed E-state index contributed by atoms with van der Waals surface area (Å²) in [5, 5.41) is 23.6. The van der Waals surface area contributed by atoms with Gasteiger partial charge in [-0.2, -0.15) is 5.26 Å². The van der Waals surface area contributed by atoms with Crippen molar-refractivity contribution < 1.29 is 4.92 Å². The van der Waals surface area contributed by atoms with Crippen LogP contribution >= 0.6 is 0 Å². The zero-order valence-electron chi connectivity index (χ0n) is 11.8. The van der Waals surface area contributed by atoms with Crippen LogP contribution in [0.4, 0.5) is 11.4 Å². The van der Waals surface area contributed by atoms with Crippen LogP contribution in [0, 0.1) is 21.4 Å². The average molecular weight is 286 g/mol. The number of nitro benzene ring substituents is 1. The van der Waals surface area contributed by atoms with Crippen molar-refractivity contribution in [3.05, 3.63) is 33.9 Å². The molecule has 1 N–H and O–H groups in total.